The van der Waals surface area contributed by atoms with Crippen molar-refractivity contribution in [1.82, 2.24) is 24.8 Å². The summed E-state index contributed by atoms with van der Waals surface area (Å²) in [7, 11) is 0. The second kappa shape index (κ2) is 6.64. The van der Waals surface area contributed by atoms with Gasteiger partial charge in [-0.3, -0.25) is 14.3 Å². The Hall–Kier alpha value is -3.55. The van der Waals surface area contributed by atoms with Crippen molar-refractivity contribution < 1.29 is 9.18 Å². The summed E-state index contributed by atoms with van der Waals surface area (Å²) in [5.74, 6) is -0.746. The first kappa shape index (κ1) is 16.9. The van der Waals surface area contributed by atoms with Gasteiger partial charge in [-0.1, -0.05) is 6.92 Å². The van der Waals surface area contributed by atoms with Gasteiger partial charge in [-0.25, -0.2) is 4.39 Å². The molecule has 1 aromatic carbocycles. The maximum absolute atomic E-state index is 13.2. The lowest BCUT2D eigenvalue weighted by atomic mass is 10.0. The van der Waals surface area contributed by atoms with Crippen molar-refractivity contribution in [2.75, 3.05) is 0 Å². The molecule has 0 fully saturated rings. The molecule has 1 amide bonds. The van der Waals surface area contributed by atoms with Gasteiger partial charge in [0, 0.05) is 22.9 Å². The zero-order chi connectivity index (χ0) is 19.0. The molecule has 0 radical (unpaired) electrons. The van der Waals surface area contributed by atoms with Gasteiger partial charge in [0.25, 0.3) is 0 Å². The third-order valence-electron chi connectivity index (χ3n) is 4.58. The van der Waals surface area contributed by atoms with E-state index in [9.17, 15) is 9.18 Å². The number of carbonyl (C=O) groups is 1. The number of nitrogens with two attached hydrogens (primary N) is 1. The SMILES string of the molecule is CCC(C(N)=O)c1nnc2ccc(-c3cn[nH]c3-c3ccc(F)cc3)cn12. The molecule has 0 aliphatic heterocycles. The van der Waals surface area contributed by atoms with Gasteiger partial charge >= 0.3 is 0 Å². The number of hydrogen-bond acceptors (Lipinski definition) is 4. The van der Waals surface area contributed by atoms with Gasteiger partial charge in [0.05, 0.1) is 17.8 Å². The van der Waals surface area contributed by atoms with Gasteiger partial charge in [-0.15, -0.1) is 10.2 Å². The number of primary amides is 1. The maximum Gasteiger partial charge on any atom is 0.228 e. The summed E-state index contributed by atoms with van der Waals surface area (Å²) >= 11 is 0. The maximum atomic E-state index is 13.2. The largest absolute Gasteiger partial charge is 0.369 e. The Morgan fingerprint density at radius 3 is 2.63 bits per heavy atom. The summed E-state index contributed by atoms with van der Waals surface area (Å²) in [6, 6.07) is 9.90. The van der Waals surface area contributed by atoms with Gasteiger partial charge in [0.2, 0.25) is 5.91 Å². The van der Waals surface area contributed by atoms with Gasteiger partial charge in [0.1, 0.15) is 11.6 Å². The Labute approximate surface area is 154 Å². The molecule has 3 heterocycles. The van der Waals surface area contributed by atoms with Gasteiger partial charge in [-0.05, 0) is 42.8 Å². The third kappa shape index (κ3) is 2.95. The van der Waals surface area contributed by atoms with Crippen molar-refractivity contribution >= 4 is 11.6 Å². The summed E-state index contributed by atoms with van der Waals surface area (Å²) < 4.78 is 15.0. The van der Waals surface area contributed by atoms with Crippen molar-refractivity contribution in [3.63, 3.8) is 0 Å². The summed E-state index contributed by atoms with van der Waals surface area (Å²) in [6.45, 7) is 1.88. The number of pyridine rings is 1. The molecular formula is C19H17FN6O. The number of nitrogens with one attached hydrogen (secondary N) is 1. The van der Waals surface area contributed by atoms with Crippen LogP contribution in [0.1, 0.15) is 25.1 Å². The summed E-state index contributed by atoms with van der Waals surface area (Å²) in [5, 5.41) is 15.4. The smallest absolute Gasteiger partial charge is 0.228 e. The zero-order valence-corrected chi connectivity index (χ0v) is 14.6. The van der Waals surface area contributed by atoms with Gasteiger partial charge < -0.3 is 5.73 Å². The van der Waals surface area contributed by atoms with E-state index in [2.05, 4.69) is 20.4 Å². The van der Waals surface area contributed by atoms with E-state index in [1.807, 2.05) is 25.3 Å². The molecule has 0 aliphatic carbocycles. The van der Waals surface area contributed by atoms with Crippen LogP contribution in [0.25, 0.3) is 28.0 Å². The minimum atomic E-state index is -0.517. The fraction of sp³-hybridized carbons (Fsp3) is 0.158. The van der Waals surface area contributed by atoms with Crippen molar-refractivity contribution in [3.05, 3.63) is 60.4 Å². The molecule has 0 saturated heterocycles. The molecule has 0 saturated carbocycles. The minimum absolute atomic E-state index is 0.299. The molecule has 4 rings (SSSR count). The van der Waals surface area contributed by atoms with E-state index in [0.29, 0.717) is 17.9 Å². The summed E-state index contributed by atoms with van der Waals surface area (Å²) in [4.78, 5) is 11.7. The van der Waals surface area contributed by atoms with E-state index < -0.39 is 11.8 Å². The predicted molar refractivity (Wildman–Crippen MR) is 98.2 cm³/mol. The monoisotopic (exact) mass is 364 g/mol. The Kier molecular flexibility index (Phi) is 4.15. The second-order valence-corrected chi connectivity index (χ2v) is 6.23. The number of halogens is 1. The van der Waals surface area contributed by atoms with Crippen LogP contribution in [0.4, 0.5) is 4.39 Å². The molecule has 4 aromatic rings. The number of amides is 1. The van der Waals surface area contributed by atoms with Crippen LogP contribution in [0.2, 0.25) is 0 Å². The van der Waals surface area contributed by atoms with Crippen LogP contribution >= 0.6 is 0 Å². The molecule has 3 aromatic heterocycles. The number of H-pyrrole nitrogens is 1. The average molecular weight is 364 g/mol. The number of fused-ring (bicyclic) bond motifs is 1. The number of aromatic amines is 1. The van der Waals surface area contributed by atoms with E-state index >= 15 is 0 Å². The van der Waals surface area contributed by atoms with Crippen LogP contribution in [-0.4, -0.2) is 30.7 Å². The summed E-state index contributed by atoms with van der Waals surface area (Å²) in [6.07, 6.45) is 4.09. The molecule has 0 aliphatic rings. The molecule has 1 atom stereocenters. The fourth-order valence-corrected chi connectivity index (χ4v) is 3.16. The lowest BCUT2D eigenvalue weighted by Gasteiger charge is -2.10. The van der Waals surface area contributed by atoms with E-state index in [-0.39, 0.29) is 5.82 Å². The first-order valence-corrected chi connectivity index (χ1v) is 8.52. The molecular weight excluding hydrogens is 347 g/mol. The highest BCUT2D eigenvalue weighted by Crippen LogP contribution is 2.31. The molecule has 0 spiro atoms. The third-order valence-corrected chi connectivity index (χ3v) is 4.58. The number of aromatic nitrogens is 5. The lowest BCUT2D eigenvalue weighted by molar-refractivity contribution is -0.119. The number of benzene rings is 1. The Bertz CT molecular complexity index is 1110. The molecule has 27 heavy (non-hydrogen) atoms. The number of rotatable bonds is 5. The highest BCUT2D eigenvalue weighted by molar-refractivity contribution is 5.82. The highest BCUT2D eigenvalue weighted by Gasteiger charge is 2.22. The topological polar surface area (TPSA) is 102 Å². The van der Waals surface area contributed by atoms with E-state index in [4.69, 9.17) is 5.73 Å². The van der Waals surface area contributed by atoms with Crippen molar-refractivity contribution in [1.29, 1.82) is 0 Å². The lowest BCUT2D eigenvalue weighted by Crippen LogP contribution is -2.22. The van der Waals surface area contributed by atoms with E-state index in [1.54, 1.807) is 22.7 Å². The number of hydrogen-bond donors (Lipinski definition) is 2. The Morgan fingerprint density at radius 2 is 1.93 bits per heavy atom. The minimum Gasteiger partial charge on any atom is -0.369 e. The molecule has 3 N–H and O–H groups in total. The van der Waals surface area contributed by atoms with Crippen molar-refractivity contribution in [2.45, 2.75) is 19.3 Å². The molecule has 8 heteroatoms. The molecule has 7 nitrogen and oxygen atoms in total. The zero-order valence-electron chi connectivity index (χ0n) is 14.6. The quantitative estimate of drug-likeness (QED) is 0.568. The highest BCUT2D eigenvalue weighted by atomic mass is 19.1. The molecule has 136 valence electrons. The van der Waals surface area contributed by atoms with Crippen LogP contribution in [-0.2, 0) is 4.79 Å². The van der Waals surface area contributed by atoms with Crippen LogP contribution < -0.4 is 5.73 Å². The standard InChI is InChI=1S/C19H17FN6O/c1-2-14(18(21)27)19-25-23-16-8-5-12(10-26(16)19)15-9-22-24-17(15)11-3-6-13(20)7-4-11/h3-10,14H,2H2,1H3,(H2,21,27)(H,22,24). The summed E-state index contributed by atoms with van der Waals surface area (Å²) in [5.41, 5.74) is 9.42. The molecule has 1 unspecified atom stereocenters. The second-order valence-electron chi connectivity index (χ2n) is 6.23. The van der Waals surface area contributed by atoms with Crippen molar-refractivity contribution in [2.24, 2.45) is 5.73 Å². The molecule has 0 bridgehead atoms. The predicted octanol–water partition coefficient (Wildman–Crippen LogP) is 2.90. The number of carbonyl (C=O) groups excluding carboxylic acids is 1. The number of nitrogens with zero attached hydrogens (tertiary/aromatic N) is 4. The van der Waals surface area contributed by atoms with Crippen molar-refractivity contribution in [3.8, 4) is 22.4 Å². The fourth-order valence-electron chi connectivity index (χ4n) is 3.16. The van der Waals surface area contributed by atoms with Crippen LogP contribution in [0.5, 0.6) is 0 Å². The van der Waals surface area contributed by atoms with E-state index in [1.165, 1.54) is 12.1 Å². The first-order chi connectivity index (χ1) is 13.1. The van der Waals surface area contributed by atoms with Crippen LogP contribution in [0, 0.1) is 5.82 Å². The Balaban J connectivity index is 1.83. The van der Waals surface area contributed by atoms with Crippen LogP contribution in [0.3, 0.4) is 0 Å². The average Bonchev–Trinajstić information content (AvgIpc) is 3.30. The van der Waals surface area contributed by atoms with E-state index in [0.717, 1.165) is 22.4 Å². The van der Waals surface area contributed by atoms with Gasteiger partial charge in [-0.2, -0.15) is 5.10 Å². The van der Waals surface area contributed by atoms with Gasteiger partial charge in [0.15, 0.2) is 5.65 Å². The normalized spacial score (nSPS) is 12.4. The first-order valence-electron chi connectivity index (χ1n) is 8.52. The Morgan fingerprint density at radius 1 is 1.19 bits per heavy atom. The van der Waals surface area contributed by atoms with Crippen LogP contribution in [0.15, 0.2) is 48.8 Å².